The van der Waals surface area contributed by atoms with E-state index in [0.717, 1.165) is 19.3 Å². The fourth-order valence-corrected chi connectivity index (χ4v) is 4.85. The molecule has 0 aromatic heterocycles. The summed E-state index contributed by atoms with van der Waals surface area (Å²) >= 11 is 0. The maximum absolute atomic E-state index is 12.5. The second-order valence-electron chi connectivity index (χ2n) is 7.31. The van der Waals surface area contributed by atoms with Crippen LogP contribution in [0.2, 0.25) is 0 Å². The topological polar surface area (TPSA) is 61.8 Å². The van der Waals surface area contributed by atoms with Crippen molar-refractivity contribution in [3.05, 3.63) is 12.2 Å². The van der Waals surface area contributed by atoms with Crippen LogP contribution in [0, 0.1) is 23.2 Å². The Labute approximate surface area is 130 Å². The van der Waals surface area contributed by atoms with Gasteiger partial charge in [0.2, 0.25) is 0 Å². The second-order valence-corrected chi connectivity index (χ2v) is 7.31. The van der Waals surface area contributed by atoms with E-state index in [1.165, 1.54) is 19.3 Å². The van der Waals surface area contributed by atoms with Crippen LogP contribution in [0.4, 0.5) is 0 Å². The van der Waals surface area contributed by atoms with Gasteiger partial charge in [0.05, 0.1) is 5.41 Å². The molecule has 0 N–H and O–H groups in total. The van der Waals surface area contributed by atoms with Crippen molar-refractivity contribution in [1.29, 1.82) is 0 Å². The van der Waals surface area contributed by atoms with E-state index in [1.54, 1.807) is 6.92 Å². The van der Waals surface area contributed by atoms with Gasteiger partial charge in [0.15, 0.2) is 0 Å². The highest BCUT2D eigenvalue weighted by atomic mass is 17.2. The summed E-state index contributed by atoms with van der Waals surface area (Å²) in [7, 11) is 0. The predicted molar refractivity (Wildman–Crippen MR) is 78.4 cm³/mol. The molecule has 0 aliphatic heterocycles. The van der Waals surface area contributed by atoms with Gasteiger partial charge in [0.25, 0.3) is 0 Å². The summed E-state index contributed by atoms with van der Waals surface area (Å²) in [6.07, 6.45) is 6.86. The van der Waals surface area contributed by atoms with Gasteiger partial charge in [-0.2, -0.15) is 4.89 Å². The molecule has 4 aliphatic carbocycles. The van der Waals surface area contributed by atoms with E-state index in [4.69, 9.17) is 9.62 Å². The lowest BCUT2D eigenvalue weighted by atomic mass is 9.49. The lowest BCUT2D eigenvalue weighted by molar-refractivity contribution is -0.272. The van der Waals surface area contributed by atoms with Gasteiger partial charge in [-0.3, -0.25) is 9.68 Å². The van der Waals surface area contributed by atoms with Gasteiger partial charge < -0.3 is 4.74 Å². The summed E-state index contributed by atoms with van der Waals surface area (Å²) in [4.78, 5) is 32.9. The van der Waals surface area contributed by atoms with Crippen LogP contribution in [0.25, 0.3) is 0 Å². The summed E-state index contributed by atoms with van der Waals surface area (Å²) in [5.41, 5.74) is 0.0221. The van der Waals surface area contributed by atoms with Crippen LogP contribution in [-0.2, 0) is 24.1 Å². The number of rotatable bonds is 6. The van der Waals surface area contributed by atoms with E-state index < -0.39 is 5.97 Å². The van der Waals surface area contributed by atoms with Gasteiger partial charge in [0.1, 0.15) is 13.2 Å². The maximum Gasteiger partial charge on any atom is 0.368 e. The third-order valence-electron chi connectivity index (χ3n) is 5.35. The number of ether oxygens (including phenoxy) is 1. The first kappa shape index (κ1) is 15.5. The number of hydrogen-bond acceptors (Lipinski definition) is 5. The van der Waals surface area contributed by atoms with Crippen molar-refractivity contribution in [3.63, 3.8) is 0 Å². The van der Waals surface area contributed by atoms with Crippen LogP contribution in [-0.4, -0.2) is 25.2 Å². The zero-order chi connectivity index (χ0) is 15.7. The fourth-order valence-electron chi connectivity index (χ4n) is 4.85. The molecule has 0 aromatic rings. The zero-order valence-electron chi connectivity index (χ0n) is 13.1. The van der Waals surface area contributed by atoms with E-state index >= 15 is 0 Å². The third kappa shape index (κ3) is 3.05. The van der Waals surface area contributed by atoms with Gasteiger partial charge in [-0.15, -0.1) is 0 Å². The molecular formula is C17H24O5. The van der Waals surface area contributed by atoms with Crippen LogP contribution in [0.15, 0.2) is 12.2 Å². The van der Waals surface area contributed by atoms with Crippen molar-refractivity contribution in [2.45, 2.75) is 45.4 Å². The molecule has 4 rings (SSSR count). The van der Waals surface area contributed by atoms with E-state index in [1.807, 2.05) is 0 Å². The van der Waals surface area contributed by atoms with Crippen molar-refractivity contribution in [1.82, 2.24) is 0 Å². The molecule has 0 unspecified atom stereocenters. The first-order chi connectivity index (χ1) is 10.5. The molecule has 0 atom stereocenters. The van der Waals surface area contributed by atoms with Crippen molar-refractivity contribution in [3.8, 4) is 0 Å². The lowest BCUT2D eigenvalue weighted by Gasteiger charge is -2.55. The largest absolute Gasteiger partial charge is 0.463 e. The maximum atomic E-state index is 12.5. The zero-order valence-corrected chi connectivity index (χ0v) is 13.1. The number of carbonyl (C=O) groups excluding carboxylic acids is 2. The molecule has 0 amide bonds. The van der Waals surface area contributed by atoms with Crippen LogP contribution in [0.1, 0.15) is 45.4 Å². The van der Waals surface area contributed by atoms with E-state index in [0.29, 0.717) is 17.8 Å². The molecule has 0 spiro atoms. The van der Waals surface area contributed by atoms with Crippen LogP contribution < -0.4 is 0 Å². The average molecular weight is 308 g/mol. The summed E-state index contributed by atoms with van der Waals surface area (Å²) in [6.45, 7) is 5.16. The van der Waals surface area contributed by atoms with Crippen LogP contribution in [0.3, 0.4) is 0 Å². The summed E-state index contributed by atoms with van der Waals surface area (Å²) in [5, 5.41) is 0. The highest BCUT2D eigenvalue weighted by molar-refractivity contribution is 5.86. The van der Waals surface area contributed by atoms with Gasteiger partial charge in [-0.25, -0.2) is 4.79 Å². The third-order valence-corrected chi connectivity index (χ3v) is 5.35. The molecule has 22 heavy (non-hydrogen) atoms. The first-order valence-electron chi connectivity index (χ1n) is 8.15. The molecule has 4 fully saturated rings. The standard InChI is InChI=1S/C17H24O5/c1-11(2)15(18)22-21-4-3-20-16(19)17-8-12-5-13(9-17)7-14(6-12)10-17/h12-14H,1,3-10H2,2H3. The van der Waals surface area contributed by atoms with Crippen molar-refractivity contribution in [2.75, 3.05) is 13.2 Å². The normalized spacial score (nSPS) is 35.2. The Hall–Kier alpha value is -1.36. The molecule has 0 radical (unpaired) electrons. The molecule has 4 saturated carbocycles. The monoisotopic (exact) mass is 308 g/mol. The summed E-state index contributed by atoms with van der Waals surface area (Å²) in [5.74, 6) is 1.46. The highest BCUT2D eigenvalue weighted by Crippen LogP contribution is 2.60. The number of carbonyl (C=O) groups is 2. The van der Waals surface area contributed by atoms with E-state index in [9.17, 15) is 9.59 Å². The molecule has 0 aromatic carbocycles. The van der Waals surface area contributed by atoms with Crippen LogP contribution in [0.5, 0.6) is 0 Å². The quantitative estimate of drug-likeness (QED) is 0.248. The van der Waals surface area contributed by atoms with E-state index in [-0.39, 0.29) is 30.2 Å². The fraction of sp³-hybridized carbons (Fsp3) is 0.765. The smallest absolute Gasteiger partial charge is 0.368 e. The number of hydrogen-bond donors (Lipinski definition) is 0. The molecule has 122 valence electrons. The van der Waals surface area contributed by atoms with Gasteiger partial charge in [-0.1, -0.05) is 6.58 Å². The Balaban J connectivity index is 1.43. The van der Waals surface area contributed by atoms with Gasteiger partial charge in [-0.05, 0) is 63.2 Å². The highest BCUT2D eigenvalue weighted by Gasteiger charge is 2.55. The Morgan fingerprint density at radius 3 is 2.09 bits per heavy atom. The van der Waals surface area contributed by atoms with Gasteiger partial charge >= 0.3 is 11.9 Å². The molecule has 0 saturated heterocycles. The van der Waals surface area contributed by atoms with Crippen molar-refractivity contribution in [2.24, 2.45) is 23.2 Å². The number of esters is 1. The average Bonchev–Trinajstić information content (AvgIpc) is 2.44. The molecule has 5 heteroatoms. The predicted octanol–water partition coefficient (Wildman–Crippen LogP) is 2.80. The minimum atomic E-state index is -0.604. The lowest BCUT2D eigenvalue weighted by Crippen LogP contribution is -2.50. The molecule has 4 aliphatic rings. The minimum absolute atomic E-state index is 0.0527. The summed E-state index contributed by atoms with van der Waals surface area (Å²) < 4.78 is 5.39. The minimum Gasteiger partial charge on any atom is -0.463 e. The Morgan fingerprint density at radius 2 is 1.59 bits per heavy atom. The van der Waals surface area contributed by atoms with Gasteiger partial charge in [0, 0.05) is 5.57 Å². The van der Waals surface area contributed by atoms with Crippen molar-refractivity contribution >= 4 is 11.9 Å². The molecule has 0 heterocycles. The van der Waals surface area contributed by atoms with Crippen LogP contribution >= 0.6 is 0 Å². The molecular weight excluding hydrogens is 284 g/mol. The van der Waals surface area contributed by atoms with Crippen molar-refractivity contribution < 1.29 is 24.1 Å². The summed E-state index contributed by atoms with van der Waals surface area (Å²) in [6, 6.07) is 0. The molecule has 5 nitrogen and oxygen atoms in total. The Kier molecular flexibility index (Phi) is 4.26. The second kappa shape index (κ2) is 6.03. The SMILES string of the molecule is C=C(C)C(=O)OOCCOC(=O)C12CC3CC(CC(C3)C1)C2. The Morgan fingerprint density at radius 1 is 1.05 bits per heavy atom. The Bertz CT molecular complexity index is 446. The molecule has 4 bridgehead atoms. The van der Waals surface area contributed by atoms with E-state index in [2.05, 4.69) is 11.5 Å². The first-order valence-corrected chi connectivity index (χ1v) is 8.15.